The van der Waals surface area contributed by atoms with Crippen molar-refractivity contribution in [2.24, 2.45) is 0 Å². The van der Waals surface area contributed by atoms with Crippen molar-refractivity contribution >= 4 is 43.5 Å². The van der Waals surface area contributed by atoms with E-state index in [1.165, 1.54) is 0 Å². The Balaban J connectivity index is 2.09. The summed E-state index contributed by atoms with van der Waals surface area (Å²) in [5.74, 6) is 0.294. The SMILES string of the molecule is Oc1c2ccccc2cc2oc3c4ccccc4ccc3c12. The van der Waals surface area contributed by atoms with Crippen molar-refractivity contribution in [2.75, 3.05) is 0 Å². The molecule has 0 aliphatic heterocycles. The van der Waals surface area contributed by atoms with Crippen LogP contribution in [-0.4, -0.2) is 5.11 Å². The summed E-state index contributed by atoms with van der Waals surface area (Å²) >= 11 is 0. The van der Waals surface area contributed by atoms with Gasteiger partial charge >= 0.3 is 0 Å². The molecule has 0 radical (unpaired) electrons. The summed E-state index contributed by atoms with van der Waals surface area (Å²) in [5, 5.41) is 16.5. The van der Waals surface area contributed by atoms with Crippen LogP contribution < -0.4 is 0 Å². The number of phenols is 1. The van der Waals surface area contributed by atoms with Crippen molar-refractivity contribution in [2.45, 2.75) is 0 Å². The van der Waals surface area contributed by atoms with E-state index >= 15 is 0 Å². The molecule has 4 aromatic carbocycles. The van der Waals surface area contributed by atoms with Gasteiger partial charge in [-0.05, 0) is 22.9 Å². The highest BCUT2D eigenvalue weighted by Gasteiger charge is 2.15. The molecule has 0 aliphatic carbocycles. The molecule has 5 rings (SSSR count). The minimum absolute atomic E-state index is 0.294. The van der Waals surface area contributed by atoms with Crippen LogP contribution in [0.1, 0.15) is 0 Å². The summed E-state index contributed by atoms with van der Waals surface area (Å²) in [4.78, 5) is 0. The Kier molecular flexibility index (Phi) is 2.12. The molecule has 0 aliphatic rings. The first-order valence-corrected chi connectivity index (χ1v) is 7.27. The Morgan fingerprint density at radius 3 is 2.27 bits per heavy atom. The highest BCUT2D eigenvalue weighted by atomic mass is 16.3. The van der Waals surface area contributed by atoms with Gasteiger partial charge in [-0.25, -0.2) is 0 Å². The highest BCUT2D eigenvalue weighted by molar-refractivity contribution is 6.20. The lowest BCUT2D eigenvalue weighted by molar-refractivity contribution is 0.487. The maximum Gasteiger partial charge on any atom is 0.143 e. The summed E-state index contributed by atoms with van der Waals surface area (Å²) < 4.78 is 6.09. The number of benzene rings is 4. The van der Waals surface area contributed by atoms with Gasteiger partial charge in [0.25, 0.3) is 0 Å². The second-order valence-electron chi connectivity index (χ2n) is 5.58. The summed E-state index contributed by atoms with van der Waals surface area (Å²) in [6.45, 7) is 0. The predicted molar refractivity (Wildman–Crippen MR) is 90.4 cm³/mol. The predicted octanol–water partition coefficient (Wildman–Crippen LogP) is 5.60. The van der Waals surface area contributed by atoms with Gasteiger partial charge in [0, 0.05) is 16.2 Å². The smallest absolute Gasteiger partial charge is 0.143 e. The standard InChI is InChI=1S/C20H12O2/c21-19-14-7-3-2-6-13(14)11-17-18(19)16-10-9-12-5-1-4-8-15(12)20(16)22-17/h1-11,21H. The van der Waals surface area contributed by atoms with Crippen molar-refractivity contribution in [3.8, 4) is 5.75 Å². The summed E-state index contributed by atoms with van der Waals surface area (Å²) in [6, 6.07) is 22.1. The van der Waals surface area contributed by atoms with Crippen LogP contribution in [0.15, 0.2) is 71.1 Å². The number of hydrogen-bond donors (Lipinski definition) is 1. The van der Waals surface area contributed by atoms with Gasteiger partial charge in [0.2, 0.25) is 0 Å². The van der Waals surface area contributed by atoms with Gasteiger partial charge in [0.15, 0.2) is 0 Å². The number of hydrogen-bond acceptors (Lipinski definition) is 2. The summed E-state index contributed by atoms with van der Waals surface area (Å²) in [5.41, 5.74) is 1.56. The third kappa shape index (κ3) is 1.39. The van der Waals surface area contributed by atoms with Crippen molar-refractivity contribution in [1.82, 2.24) is 0 Å². The Hall–Kier alpha value is -3.00. The fourth-order valence-electron chi connectivity index (χ4n) is 3.30. The van der Waals surface area contributed by atoms with Gasteiger partial charge < -0.3 is 9.52 Å². The van der Waals surface area contributed by atoms with Crippen LogP contribution in [0.4, 0.5) is 0 Å². The maximum atomic E-state index is 10.7. The van der Waals surface area contributed by atoms with Crippen LogP contribution >= 0.6 is 0 Å². The van der Waals surface area contributed by atoms with E-state index in [2.05, 4.69) is 18.2 Å². The van der Waals surface area contributed by atoms with E-state index in [-0.39, 0.29) is 0 Å². The lowest BCUT2D eigenvalue weighted by atomic mass is 10.0. The van der Waals surface area contributed by atoms with E-state index in [1.807, 2.05) is 48.5 Å². The van der Waals surface area contributed by atoms with E-state index < -0.39 is 0 Å². The molecule has 0 saturated heterocycles. The van der Waals surface area contributed by atoms with Crippen LogP contribution in [0.5, 0.6) is 5.75 Å². The zero-order chi connectivity index (χ0) is 14.7. The fraction of sp³-hybridized carbons (Fsp3) is 0. The third-order valence-electron chi connectivity index (χ3n) is 4.35. The van der Waals surface area contributed by atoms with Crippen molar-refractivity contribution in [1.29, 1.82) is 0 Å². The summed E-state index contributed by atoms with van der Waals surface area (Å²) in [7, 11) is 0. The zero-order valence-electron chi connectivity index (χ0n) is 11.7. The van der Waals surface area contributed by atoms with Crippen molar-refractivity contribution < 1.29 is 9.52 Å². The first-order valence-electron chi connectivity index (χ1n) is 7.27. The minimum Gasteiger partial charge on any atom is -0.507 e. The highest BCUT2D eigenvalue weighted by Crippen LogP contribution is 2.42. The first kappa shape index (κ1) is 11.6. The minimum atomic E-state index is 0.294. The molecule has 0 saturated carbocycles. The van der Waals surface area contributed by atoms with Crippen LogP contribution in [0, 0.1) is 0 Å². The van der Waals surface area contributed by atoms with Gasteiger partial charge in [-0.2, -0.15) is 0 Å². The monoisotopic (exact) mass is 284 g/mol. The largest absolute Gasteiger partial charge is 0.507 e. The van der Waals surface area contributed by atoms with Gasteiger partial charge in [0.1, 0.15) is 16.9 Å². The number of furan rings is 1. The zero-order valence-corrected chi connectivity index (χ0v) is 11.7. The second kappa shape index (κ2) is 4.01. The molecule has 0 fully saturated rings. The van der Waals surface area contributed by atoms with Crippen LogP contribution in [0.25, 0.3) is 43.5 Å². The molecule has 0 atom stereocenters. The lowest BCUT2D eigenvalue weighted by Crippen LogP contribution is -1.76. The molecule has 22 heavy (non-hydrogen) atoms. The Bertz CT molecular complexity index is 1180. The molecule has 0 amide bonds. The average Bonchev–Trinajstić information content (AvgIpc) is 2.94. The fourth-order valence-corrected chi connectivity index (χ4v) is 3.30. The van der Waals surface area contributed by atoms with E-state index in [0.29, 0.717) is 5.75 Å². The van der Waals surface area contributed by atoms with Crippen molar-refractivity contribution in [3.05, 3.63) is 66.7 Å². The van der Waals surface area contributed by atoms with Gasteiger partial charge in [-0.1, -0.05) is 54.6 Å². The molecule has 0 bridgehead atoms. The summed E-state index contributed by atoms with van der Waals surface area (Å²) in [6.07, 6.45) is 0. The molecule has 0 spiro atoms. The molecular weight excluding hydrogens is 272 g/mol. The van der Waals surface area contributed by atoms with E-state index in [0.717, 1.165) is 43.5 Å². The van der Waals surface area contributed by atoms with Gasteiger partial charge in [-0.3, -0.25) is 0 Å². The molecular formula is C20H12O2. The van der Waals surface area contributed by atoms with Crippen LogP contribution in [0.3, 0.4) is 0 Å². The number of fused-ring (bicyclic) bond motifs is 6. The average molecular weight is 284 g/mol. The van der Waals surface area contributed by atoms with Crippen LogP contribution in [-0.2, 0) is 0 Å². The second-order valence-corrected chi connectivity index (χ2v) is 5.58. The van der Waals surface area contributed by atoms with Crippen LogP contribution in [0.2, 0.25) is 0 Å². The van der Waals surface area contributed by atoms with Crippen molar-refractivity contribution in [3.63, 3.8) is 0 Å². The quantitative estimate of drug-likeness (QED) is 0.401. The van der Waals surface area contributed by atoms with Gasteiger partial charge in [-0.15, -0.1) is 0 Å². The molecule has 2 nitrogen and oxygen atoms in total. The number of phenolic OH excluding ortho intramolecular Hbond substituents is 1. The molecule has 1 aromatic heterocycles. The van der Waals surface area contributed by atoms with Gasteiger partial charge in [0.05, 0.1) is 5.39 Å². The normalized spacial score (nSPS) is 11.8. The molecule has 1 heterocycles. The Morgan fingerprint density at radius 1 is 0.682 bits per heavy atom. The molecule has 5 aromatic rings. The van der Waals surface area contributed by atoms with E-state index in [4.69, 9.17) is 4.42 Å². The number of rotatable bonds is 0. The van der Waals surface area contributed by atoms with E-state index in [1.54, 1.807) is 0 Å². The molecule has 0 unspecified atom stereocenters. The van der Waals surface area contributed by atoms with E-state index in [9.17, 15) is 5.11 Å². The number of aromatic hydroxyl groups is 1. The molecule has 1 N–H and O–H groups in total. The Morgan fingerprint density at radius 2 is 1.41 bits per heavy atom. The Labute approximate surface area is 126 Å². The first-order chi connectivity index (χ1) is 10.8. The topological polar surface area (TPSA) is 33.4 Å². The molecule has 104 valence electrons. The molecule has 2 heteroatoms. The maximum absolute atomic E-state index is 10.7. The third-order valence-corrected chi connectivity index (χ3v) is 4.35. The lowest BCUT2D eigenvalue weighted by Gasteiger charge is -2.02.